The number of rotatable bonds is 4. The number of hydrogen-bond acceptors (Lipinski definition) is 4. The summed E-state index contributed by atoms with van der Waals surface area (Å²) >= 11 is 13.3. The topological polar surface area (TPSA) is 70.6 Å². The predicted molar refractivity (Wildman–Crippen MR) is 112 cm³/mol. The second-order valence-corrected chi connectivity index (χ2v) is 8.19. The van der Waals surface area contributed by atoms with E-state index in [1.54, 1.807) is 18.2 Å². The summed E-state index contributed by atoms with van der Waals surface area (Å²) in [7, 11) is 0. The number of thioether (sulfide) groups is 1. The number of carbonyl (C=O) groups is 2. The van der Waals surface area contributed by atoms with Gasteiger partial charge in [0.05, 0.1) is 5.69 Å². The molecular formula is C19H17Cl2N3O2S. The zero-order valence-electron chi connectivity index (χ0n) is 14.7. The summed E-state index contributed by atoms with van der Waals surface area (Å²) in [6, 6.07) is 10.7. The van der Waals surface area contributed by atoms with Crippen LogP contribution in [0.2, 0.25) is 10.0 Å². The van der Waals surface area contributed by atoms with Gasteiger partial charge in [-0.05, 0) is 49.2 Å². The highest BCUT2D eigenvalue weighted by Crippen LogP contribution is 2.28. The Morgan fingerprint density at radius 1 is 1.19 bits per heavy atom. The summed E-state index contributed by atoms with van der Waals surface area (Å²) in [5, 5.41) is 6.57. The van der Waals surface area contributed by atoms with E-state index >= 15 is 0 Å². The van der Waals surface area contributed by atoms with E-state index in [-0.39, 0.29) is 18.2 Å². The van der Waals surface area contributed by atoms with Gasteiger partial charge in [-0.2, -0.15) is 0 Å². The Morgan fingerprint density at radius 3 is 2.67 bits per heavy atom. The maximum atomic E-state index is 12.3. The van der Waals surface area contributed by atoms with Crippen LogP contribution in [0.5, 0.6) is 0 Å². The Kier molecular flexibility index (Phi) is 6.09. The summed E-state index contributed by atoms with van der Waals surface area (Å²) in [6.45, 7) is 3.78. The molecule has 0 bridgehead atoms. The fraction of sp³-hybridized carbons (Fsp3) is 0.211. The lowest BCUT2D eigenvalue weighted by Gasteiger charge is -2.10. The Balaban J connectivity index is 1.65. The molecule has 2 amide bonds. The van der Waals surface area contributed by atoms with Gasteiger partial charge >= 0.3 is 0 Å². The van der Waals surface area contributed by atoms with E-state index < -0.39 is 5.25 Å². The number of benzene rings is 2. The summed E-state index contributed by atoms with van der Waals surface area (Å²) in [6.07, 6.45) is 0.0378. The maximum absolute atomic E-state index is 12.3. The van der Waals surface area contributed by atoms with Crippen molar-refractivity contribution < 1.29 is 9.59 Å². The molecule has 0 spiro atoms. The normalized spacial score (nSPS) is 17.9. The van der Waals surface area contributed by atoms with Crippen LogP contribution in [0.15, 0.2) is 41.4 Å². The number of aliphatic imine (C=N–C) groups is 1. The van der Waals surface area contributed by atoms with Crippen LogP contribution in [0.4, 0.5) is 11.4 Å². The summed E-state index contributed by atoms with van der Waals surface area (Å²) in [4.78, 5) is 28.9. The molecule has 0 aromatic heterocycles. The molecule has 1 aliphatic heterocycles. The lowest BCUT2D eigenvalue weighted by atomic mass is 10.2. The van der Waals surface area contributed by atoms with Crippen LogP contribution in [0.25, 0.3) is 0 Å². The lowest BCUT2D eigenvalue weighted by Crippen LogP contribution is -2.28. The summed E-state index contributed by atoms with van der Waals surface area (Å²) in [5.41, 5.74) is 3.14. The first-order valence-electron chi connectivity index (χ1n) is 8.20. The minimum Gasteiger partial charge on any atom is -0.326 e. The molecule has 1 atom stereocenters. The van der Waals surface area contributed by atoms with E-state index in [2.05, 4.69) is 15.6 Å². The van der Waals surface area contributed by atoms with Gasteiger partial charge in [0.1, 0.15) is 5.25 Å². The molecular weight excluding hydrogens is 405 g/mol. The second-order valence-electron chi connectivity index (χ2n) is 6.16. The molecule has 140 valence electrons. The first-order chi connectivity index (χ1) is 12.8. The quantitative estimate of drug-likeness (QED) is 0.740. The van der Waals surface area contributed by atoms with Crippen LogP contribution in [0.3, 0.4) is 0 Å². The molecule has 2 N–H and O–H groups in total. The van der Waals surface area contributed by atoms with Crippen molar-refractivity contribution >= 4 is 63.3 Å². The van der Waals surface area contributed by atoms with Gasteiger partial charge in [0, 0.05) is 22.2 Å². The number of nitrogens with one attached hydrogen (secondary N) is 2. The number of aryl methyl sites for hydroxylation is 2. The van der Waals surface area contributed by atoms with Gasteiger partial charge in [-0.3, -0.25) is 9.59 Å². The highest BCUT2D eigenvalue weighted by atomic mass is 35.5. The minimum atomic E-state index is -0.538. The van der Waals surface area contributed by atoms with Crippen molar-refractivity contribution in [1.82, 2.24) is 5.32 Å². The predicted octanol–water partition coefficient (Wildman–Crippen LogP) is 4.86. The molecule has 1 fully saturated rings. The number of hydrogen-bond donors (Lipinski definition) is 2. The van der Waals surface area contributed by atoms with Gasteiger partial charge in [0.2, 0.25) is 11.8 Å². The summed E-state index contributed by atoms with van der Waals surface area (Å²) in [5.74, 6) is -0.498. The Morgan fingerprint density at radius 2 is 1.93 bits per heavy atom. The van der Waals surface area contributed by atoms with E-state index in [9.17, 15) is 9.59 Å². The molecule has 8 heteroatoms. The Hall–Kier alpha value is -2.02. The van der Waals surface area contributed by atoms with E-state index in [1.807, 2.05) is 32.0 Å². The molecule has 0 aliphatic carbocycles. The van der Waals surface area contributed by atoms with Crippen molar-refractivity contribution in [2.24, 2.45) is 4.99 Å². The van der Waals surface area contributed by atoms with E-state index in [4.69, 9.17) is 23.2 Å². The number of amides is 2. The van der Waals surface area contributed by atoms with Crippen LogP contribution in [0.1, 0.15) is 17.5 Å². The van der Waals surface area contributed by atoms with Crippen LogP contribution in [-0.2, 0) is 9.59 Å². The monoisotopic (exact) mass is 421 g/mol. The molecule has 0 radical (unpaired) electrons. The standard InChI is InChI=1S/C19H17Cl2N3O2S/c1-10-4-6-13(8-14(10)21)22-19-24-18(26)16(27-19)9-17(25)23-15-7-12(20)5-3-11(15)2/h3-8,16H,9H2,1-2H3,(H,23,25)(H,22,24,26). The van der Waals surface area contributed by atoms with Crippen molar-refractivity contribution in [1.29, 1.82) is 0 Å². The third-order valence-corrected chi connectivity index (χ3v) is 5.73. The molecule has 5 nitrogen and oxygen atoms in total. The Labute approximate surface area is 171 Å². The van der Waals surface area contributed by atoms with Crippen molar-refractivity contribution in [2.75, 3.05) is 5.32 Å². The minimum absolute atomic E-state index is 0.0378. The van der Waals surface area contributed by atoms with Gasteiger partial charge < -0.3 is 10.6 Å². The smallest absolute Gasteiger partial charge is 0.240 e. The van der Waals surface area contributed by atoms with E-state index in [1.165, 1.54) is 11.8 Å². The van der Waals surface area contributed by atoms with Crippen molar-refractivity contribution in [2.45, 2.75) is 25.5 Å². The molecule has 1 unspecified atom stereocenters. The lowest BCUT2D eigenvalue weighted by molar-refractivity contribution is -0.122. The first-order valence-corrected chi connectivity index (χ1v) is 9.84. The molecule has 1 saturated heterocycles. The van der Waals surface area contributed by atoms with E-state index in [0.29, 0.717) is 26.6 Å². The average Bonchev–Trinajstić information content (AvgIpc) is 2.93. The van der Waals surface area contributed by atoms with Gasteiger partial charge in [-0.25, -0.2) is 4.99 Å². The highest BCUT2D eigenvalue weighted by molar-refractivity contribution is 8.15. The Bertz CT molecular complexity index is 947. The molecule has 1 heterocycles. The third-order valence-electron chi connectivity index (χ3n) is 4.01. The first kappa shape index (κ1) is 19.7. The number of halogens is 2. The SMILES string of the molecule is Cc1ccc(N=C2NC(=O)C(CC(=O)Nc3cc(Cl)ccc3C)S2)cc1Cl. The third kappa shape index (κ3) is 5.03. The van der Waals surface area contributed by atoms with Crippen molar-refractivity contribution in [3.05, 3.63) is 57.6 Å². The number of anilines is 1. The largest absolute Gasteiger partial charge is 0.326 e. The second kappa shape index (κ2) is 8.33. The van der Waals surface area contributed by atoms with E-state index in [0.717, 1.165) is 11.1 Å². The number of nitrogens with zero attached hydrogens (tertiary/aromatic N) is 1. The molecule has 2 aromatic carbocycles. The summed E-state index contributed by atoms with van der Waals surface area (Å²) < 4.78 is 0. The number of amidine groups is 1. The van der Waals surface area contributed by atoms with Gasteiger partial charge in [-0.15, -0.1) is 0 Å². The van der Waals surface area contributed by atoms with Crippen LogP contribution < -0.4 is 10.6 Å². The fourth-order valence-electron chi connectivity index (χ4n) is 2.46. The molecule has 1 aliphatic rings. The average molecular weight is 422 g/mol. The highest BCUT2D eigenvalue weighted by Gasteiger charge is 2.32. The molecule has 0 saturated carbocycles. The van der Waals surface area contributed by atoms with Gasteiger partial charge in [0.25, 0.3) is 0 Å². The zero-order chi connectivity index (χ0) is 19.6. The molecule has 27 heavy (non-hydrogen) atoms. The van der Waals surface area contributed by atoms with Gasteiger partial charge in [-0.1, -0.05) is 47.1 Å². The zero-order valence-corrected chi connectivity index (χ0v) is 17.0. The maximum Gasteiger partial charge on any atom is 0.240 e. The van der Waals surface area contributed by atoms with Crippen molar-refractivity contribution in [3.8, 4) is 0 Å². The van der Waals surface area contributed by atoms with Crippen LogP contribution in [-0.4, -0.2) is 22.2 Å². The molecule has 2 aromatic rings. The van der Waals surface area contributed by atoms with Gasteiger partial charge in [0.15, 0.2) is 5.17 Å². The van der Waals surface area contributed by atoms with Crippen LogP contribution in [0, 0.1) is 13.8 Å². The van der Waals surface area contributed by atoms with Crippen molar-refractivity contribution in [3.63, 3.8) is 0 Å². The van der Waals surface area contributed by atoms with Crippen LogP contribution >= 0.6 is 35.0 Å². The fourth-order valence-corrected chi connectivity index (χ4v) is 3.79. The molecule has 3 rings (SSSR count). The number of carbonyl (C=O) groups excluding carboxylic acids is 2.